The van der Waals surface area contributed by atoms with E-state index in [4.69, 9.17) is 0 Å². The summed E-state index contributed by atoms with van der Waals surface area (Å²) in [7, 11) is 0. The van der Waals surface area contributed by atoms with Crippen LogP contribution in [0.2, 0.25) is 0 Å². The zero-order valence-electron chi connectivity index (χ0n) is 11.1. The molecule has 1 unspecified atom stereocenters. The van der Waals surface area contributed by atoms with Crippen molar-refractivity contribution >= 4 is 5.82 Å². The van der Waals surface area contributed by atoms with Crippen LogP contribution in [0.3, 0.4) is 0 Å². The lowest BCUT2D eigenvalue weighted by Crippen LogP contribution is -2.16. The Hall–Kier alpha value is -1.83. The molecule has 1 atom stereocenters. The van der Waals surface area contributed by atoms with Crippen LogP contribution in [0.4, 0.5) is 5.82 Å². The number of nitrogens with zero attached hydrogens (tertiary/aromatic N) is 1. The molecule has 1 aromatic carbocycles. The van der Waals surface area contributed by atoms with Gasteiger partial charge in [0.1, 0.15) is 5.82 Å². The SMILES string of the molecule is Cc1ccnc(NC(C)CCc2ccccc2)c1. The lowest BCUT2D eigenvalue weighted by atomic mass is 10.1. The summed E-state index contributed by atoms with van der Waals surface area (Å²) < 4.78 is 0. The first-order chi connectivity index (χ1) is 8.74. The second kappa shape index (κ2) is 6.20. The average Bonchev–Trinajstić information content (AvgIpc) is 2.38. The van der Waals surface area contributed by atoms with E-state index in [9.17, 15) is 0 Å². The van der Waals surface area contributed by atoms with Gasteiger partial charge in [0.05, 0.1) is 0 Å². The maximum absolute atomic E-state index is 4.32. The molecule has 0 aliphatic carbocycles. The average molecular weight is 240 g/mol. The van der Waals surface area contributed by atoms with Crippen molar-refractivity contribution in [1.29, 1.82) is 0 Å². The molecule has 1 N–H and O–H groups in total. The molecule has 0 spiro atoms. The Balaban J connectivity index is 1.84. The molecule has 1 heterocycles. The highest BCUT2D eigenvalue weighted by Gasteiger charge is 2.03. The highest BCUT2D eigenvalue weighted by Crippen LogP contribution is 2.10. The summed E-state index contributed by atoms with van der Waals surface area (Å²) in [5, 5.41) is 3.44. The Morgan fingerprint density at radius 2 is 1.94 bits per heavy atom. The van der Waals surface area contributed by atoms with Crippen molar-refractivity contribution in [3.8, 4) is 0 Å². The summed E-state index contributed by atoms with van der Waals surface area (Å²) in [6.07, 6.45) is 4.06. The van der Waals surface area contributed by atoms with Crippen LogP contribution in [0.5, 0.6) is 0 Å². The molecule has 1 aromatic heterocycles. The van der Waals surface area contributed by atoms with Crippen LogP contribution in [0.15, 0.2) is 48.7 Å². The summed E-state index contributed by atoms with van der Waals surface area (Å²) in [6.45, 7) is 4.29. The lowest BCUT2D eigenvalue weighted by Gasteiger charge is -2.14. The first-order valence-corrected chi connectivity index (χ1v) is 6.47. The van der Waals surface area contributed by atoms with Gasteiger partial charge in [0.15, 0.2) is 0 Å². The van der Waals surface area contributed by atoms with Gasteiger partial charge in [-0.2, -0.15) is 0 Å². The minimum absolute atomic E-state index is 0.430. The second-order valence-electron chi connectivity index (χ2n) is 4.79. The van der Waals surface area contributed by atoms with Crippen molar-refractivity contribution in [2.75, 3.05) is 5.32 Å². The molecule has 0 amide bonds. The molecular weight excluding hydrogens is 220 g/mol. The summed E-state index contributed by atoms with van der Waals surface area (Å²) in [4.78, 5) is 4.32. The highest BCUT2D eigenvalue weighted by molar-refractivity contribution is 5.37. The Morgan fingerprint density at radius 3 is 2.67 bits per heavy atom. The van der Waals surface area contributed by atoms with Gasteiger partial charge in [-0.1, -0.05) is 30.3 Å². The third-order valence-electron chi connectivity index (χ3n) is 3.02. The Kier molecular flexibility index (Phi) is 4.35. The number of benzene rings is 1. The standard InChI is InChI=1S/C16H20N2/c1-13-10-11-17-16(12-13)18-14(2)8-9-15-6-4-3-5-7-15/h3-7,10-12,14H,8-9H2,1-2H3,(H,17,18). The largest absolute Gasteiger partial charge is 0.368 e. The lowest BCUT2D eigenvalue weighted by molar-refractivity contribution is 0.703. The smallest absolute Gasteiger partial charge is 0.126 e. The molecule has 0 bridgehead atoms. The molecule has 0 radical (unpaired) electrons. The first-order valence-electron chi connectivity index (χ1n) is 6.47. The maximum atomic E-state index is 4.32. The molecule has 0 aliphatic rings. The highest BCUT2D eigenvalue weighted by atomic mass is 15.0. The molecule has 0 fully saturated rings. The van der Waals surface area contributed by atoms with Crippen molar-refractivity contribution in [3.63, 3.8) is 0 Å². The van der Waals surface area contributed by atoms with Gasteiger partial charge in [0.2, 0.25) is 0 Å². The van der Waals surface area contributed by atoms with E-state index in [0.29, 0.717) is 6.04 Å². The summed E-state index contributed by atoms with van der Waals surface area (Å²) in [5.74, 6) is 0.968. The van der Waals surface area contributed by atoms with Gasteiger partial charge < -0.3 is 5.32 Å². The van der Waals surface area contributed by atoms with Crippen LogP contribution in [0.1, 0.15) is 24.5 Å². The molecule has 0 saturated heterocycles. The molecule has 0 saturated carbocycles. The normalized spacial score (nSPS) is 12.1. The molecular formula is C16H20N2. The molecule has 2 rings (SSSR count). The Bertz CT molecular complexity index is 479. The number of nitrogens with one attached hydrogen (secondary N) is 1. The zero-order chi connectivity index (χ0) is 12.8. The van der Waals surface area contributed by atoms with Crippen molar-refractivity contribution in [3.05, 3.63) is 59.8 Å². The molecule has 0 aliphatic heterocycles. The summed E-state index contributed by atoms with van der Waals surface area (Å²) in [6, 6.07) is 15.1. The maximum Gasteiger partial charge on any atom is 0.126 e. The number of pyridine rings is 1. The van der Waals surface area contributed by atoms with Gasteiger partial charge in [-0.15, -0.1) is 0 Å². The van der Waals surface area contributed by atoms with E-state index in [-0.39, 0.29) is 0 Å². The predicted molar refractivity (Wildman–Crippen MR) is 76.8 cm³/mol. The topological polar surface area (TPSA) is 24.9 Å². The van der Waals surface area contributed by atoms with Crippen molar-refractivity contribution in [1.82, 2.24) is 4.98 Å². The number of hydrogen-bond donors (Lipinski definition) is 1. The minimum Gasteiger partial charge on any atom is -0.368 e. The van der Waals surface area contributed by atoms with Gasteiger partial charge >= 0.3 is 0 Å². The number of rotatable bonds is 5. The molecule has 94 valence electrons. The van der Waals surface area contributed by atoms with Crippen molar-refractivity contribution < 1.29 is 0 Å². The number of anilines is 1. The third kappa shape index (κ3) is 3.88. The van der Waals surface area contributed by atoms with Crippen LogP contribution in [-0.2, 0) is 6.42 Å². The van der Waals surface area contributed by atoms with Crippen LogP contribution < -0.4 is 5.32 Å². The molecule has 18 heavy (non-hydrogen) atoms. The van der Waals surface area contributed by atoms with Crippen LogP contribution in [-0.4, -0.2) is 11.0 Å². The summed E-state index contributed by atoms with van der Waals surface area (Å²) in [5.41, 5.74) is 2.63. The van der Waals surface area contributed by atoms with Gasteiger partial charge in [0, 0.05) is 12.2 Å². The molecule has 2 nitrogen and oxygen atoms in total. The van der Waals surface area contributed by atoms with Gasteiger partial charge in [0.25, 0.3) is 0 Å². The van der Waals surface area contributed by atoms with Crippen LogP contribution >= 0.6 is 0 Å². The van der Waals surface area contributed by atoms with E-state index in [1.807, 2.05) is 12.3 Å². The van der Waals surface area contributed by atoms with Crippen LogP contribution in [0.25, 0.3) is 0 Å². The fraction of sp³-hybridized carbons (Fsp3) is 0.312. The summed E-state index contributed by atoms with van der Waals surface area (Å²) >= 11 is 0. The fourth-order valence-corrected chi connectivity index (χ4v) is 1.97. The fourth-order valence-electron chi connectivity index (χ4n) is 1.97. The zero-order valence-corrected chi connectivity index (χ0v) is 11.1. The van der Waals surface area contributed by atoms with E-state index in [1.165, 1.54) is 11.1 Å². The quantitative estimate of drug-likeness (QED) is 0.859. The predicted octanol–water partition coefficient (Wildman–Crippen LogP) is 3.82. The van der Waals surface area contributed by atoms with E-state index in [1.54, 1.807) is 0 Å². The van der Waals surface area contributed by atoms with Gasteiger partial charge in [-0.05, 0) is 49.9 Å². The number of aryl methyl sites for hydroxylation is 2. The second-order valence-corrected chi connectivity index (χ2v) is 4.79. The Morgan fingerprint density at radius 1 is 1.17 bits per heavy atom. The van der Waals surface area contributed by atoms with E-state index in [0.717, 1.165) is 18.7 Å². The molecule has 2 heteroatoms. The minimum atomic E-state index is 0.430. The third-order valence-corrected chi connectivity index (χ3v) is 3.02. The van der Waals surface area contributed by atoms with Gasteiger partial charge in [-0.3, -0.25) is 0 Å². The first kappa shape index (κ1) is 12.6. The van der Waals surface area contributed by atoms with E-state index < -0.39 is 0 Å². The Labute approximate surface area is 109 Å². The molecule has 2 aromatic rings. The monoisotopic (exact) mass is 240 g/mol. The van der Waals surface area contributed by atoms with Crippen molar-refractivity contribution in [2.24, 2.45) is 0 Å². The van der Waals surface area contributed by atoms with E-state index in [2.05, 4.69) is 60.5 Å². The number of hydrogen-bond acceptors (Lipinski definition) is 2. The van der Waals surface area contributed by atoms with Crippen molar-refractivity contribution in [2.45, 2.75) is 32.7 Å². The number of aromatic nitrogens is 1. The van der Waals surface area contributed by atoms with Crippen LogP contribution in [0, 0.1) is 6.92 Å². The van der Waals surface area contributed by atoms with Gasteiger partial charge in [-0.25, -0.2) is 4.98 Å². The van der Waals surface area contributed by atoms with E-state index >= 15 is 0 Å².